The molecule has 6 heteroatoms. The zero-order chi connectivity index (χ0) is 12.0. The van der Waals surface area contributed by atoms with Crippen LogP contribution in [0.5, 0.6) is 0 Å². The minimum absolute atomic E-state index is 0.497. The fourth-order valence-corrected chi connectivity index (χ4v) is 1.68. The molecule has 1 heterocycles. The van der Waals surface area contributed by atoms with Crippen molar-refractivity contribution in [2.24, 2.45) is 0 Å². The fraction of sp³-hybridized carbons (Fsp3) is 0.600. The summed E-state index contributed by atoms with van der Waals surface area (Å²) in [5, 5.41) is 16.1. The number of halogens is 1. The summed E-state index contributed by atoms with van der Waals surface area (Å²) in [6.45, 7) is 3.33. The van der Waals surface area contributed by atoms with Gasteiger partial charge in [0.25, 0.3) is 0 Å². The Morgan fingerprint density at radius 3 is 3.00 bits per heavy atom. The van der Waals surface area contributed by atoms with Crippen LogP contribution in [0.25, 0.3) is 0 Å². The van der Waals surface area contributed by atoms with Crippen molar-refractivity contribution in [3.8, 4) is 0 Å². The van der Waals surface area contributed by atoms with Gasteiger partial charge in [0.05, 0.1) is 10.7 Å². The van der Waals surface area contributed by atoms with Gasteiger partial charge in [-0.2, -0.15) is 5.10 Å². The lowest BCUT2D eigenvalue weighted by Gasteiger charge is -2.13. The molecule has 1 atom stereocenters. The number of carbonyl (C=O) groups is 1. The third kappa shape index (κ3) is 4.32. The minimum atomic E-state index is -0.806. The van der Waals surface area contributed by atoms with Crippen molar-refractivity contribution < 1.29 is 9.90 Å². The first-order valence-corrected chi connectivity index (χ1v) is 6.07. The maximum atomic E-state index is 10.9. The Balaban J connectivity index is 2.40. The first kappa shape index (κ1) is 13.2. The predicted octanol–water partition coefficient (Wildman–Crippen LogP) is 1.49. The largest absolute Gasteiger partial charge is 0.480 e. The standard InChI is InChI=1S/C10H16BrN3O2/c1-2-4-12-9(10(15)16)3-5-14-7-8(11)6-13-14/h6-7,9,12H,2-5H2,1H3,(H,15,16). The van der Waals surface area contributed by atoms with Crippen molar-refractivity contribution in [2.45, 2.75) is 32.4 Å². The van der Waals surface area contributed by atoms with E-state index in [0.717, 1.165) is 17.4 Å². The van der Waals surface area contributed by atoms with Crippen molar-refractivity contribution >= 4 is 21.9 Å². The van der Waals surface area contributed by atoms with Crippen LogP contribution in [-0.4, -0.2) is 33.4 Å². The summed E-state index contributed by atoms with van der Waals surface area (Å²) in [5.74, 6) is -0.806. The molecule has 90 valence electrons. The lowest BCUT2D eigenvalue weighted by molar-refractivity contribution is -0.139. The topological polar surface area (TPSA) is 67.2 Å². The van der Waals surface area contributed by atoms with Gasteiger partial charge in [-0.05, 0) is 35.3 Å². The molecule has 16 heavy (non-hydrogen) atoms. The number of hydrogen-bond acceptors (Lipinski definition) is 3. The van der Waals surface area contributed by atoms with Gasteiger partial charge in [-0.1, -0.05) is 6.92 Å². The molecular formula is C10H16BrN3O2. The van der Waals surface area contributed by atoms with E-state index >= 15 is 0 Å². The van der Waals surface area contributed by atoms with E-state index in [1.807, 2.05) is 13.1 Å². The van der Waals surface area contributed by atoms with Gasteiger partial charge < -0.3 is 10.4 Å². The van der Waals surface area contributed by atoms with Crippen LogP contribution in [0.2, 0.25) is 0 Å². The Morgan fingerprint density at radius 2 is 2.50 bits per heavy atom. The average molecular weight is 290 g/mol. The Kier molecular flexibility index (Phi) is 5.48. The van der Waals surface area contributed by atoms with Gasteiger partial charge in [0.15, 0.2) is 0 Å². The molecule has 1 unspecified atom stereocenters. The number of aromatic nitrogens is 2. The van der Waals surface area contributed by atoms with E-state index in [-0.39, 0.29) is 0 Å². The normalized spacial score (nSPS) is 12.6. The number of carboxylic acids is 1. The SMILES string of the molecule is CCCNC(CCn1cc(Br)cn1)C(=O)O. The van der Waals surface area contributed by atoms with Gasteiger partial charge >= 0.3 is 5.97 Å². The number of aliphatic carboxylic acids is 1. The van der Waals surface area contributed by atoms with Gasteiger partial charge in [-0.3, -0.25) is 9.48 Å². The van der Waals surface area contributed by atoms with Crippen LogP contribution < -0.4 is 5.32 Å². The molecule has 0 aliphatic rings. The third-order valence-electron chi connectivity index (χ3n) is 2.19. The summed E-state index contributed by atoms with van der Waals surface area (Å²) in [6.07, 6.45) is 4.98. The number of hydrogen-bond donors (Lipinski definition) is 2. The van der Waals surface area contributed by atoms with E-state index in [1.54, 1.807) is 10.9 Å². The lowest BCUT2D eigenvalue weighted by atomic mass is 10.2. The second kappa shape index (κ2) is 6.65. The molecule has 0 spiro atoms. The summed E-state index contributed by atoms with van der Waals surface area (Å²) in [4.78, 5) is 10.9. The Hall–Kier alpha value is -0.880. The Bertz CT molecular complexity index is 341. The highest BCUT2D eigenvalue weighted by Crippen LogP contribution is 2.07. The molecule has 0 radical (unpaired) electrons. The minimum Gasteiger partial charge on any atom is -0.480 e. The maximum absolute atomic E-state index is 10.9. The van der Waals surface area contributed by atoms with E-state index < -0.39 is 12.0 Å². The zero-order valence-corrected chi connectivity index (χ0v) is 10.8. The van der Waals surface area contributed by atoms with Crippen LogP contribution in [0.4, 0.5) is 0 Å². The van der Waals surface area contributed by atoms with Gasteiger partial charge in [-0.15, -0.1) is 0 Å². The average Bonchev–Trinajstić information content (AvgIpc) is 2.64. The van der Waals surface area contributed by atoms with Crippen LogP contribution in [0.15, 0.2) is 16.9 Å². The molecule has 0 amide bonds. The smallest absolute Gasteiger partial charge is 0.320 e. The van der Waals surface area contributed by atoms with Crippen molar-refractivity contribution in [3.63, 3.8) is 0 Å². The van der Waals surface area contributed by atoms with Crippen LogP contribution in [0.3, 0.4) is 0 Å². The van der Waals surface area contributed by atoms with E-state index in [1.165, 1.54) is 0 Å². The number of nitrogens with zero attached hydrogens (tertiary/aromatic N) is 2. The summed E-state index contributed by atoms with van der Waals surface area (Å²) >= 11 is 3.29. The monoisotopic (exact) mass is 289 g/mol. The summed E-state index contributed by atoms with van der Waals surface area (Å²) in [5.41, 5.74) is 0. The molecule has 5 nitrogen and oxygen atoms in total. The van der Waals surface area contributed by atoms with Crippen LogP contribution >= 0.6 is 15.9 Å². The molecule has 0 fully saturated rings. The molecule has 2 N–H and O–H groups in total. The quantitative estimate of drug-likeness (QED) is 0.798. The highest BCUT2D eigenvalue weighted by molar-refractivity contribution is 9.10. The van der Waals surface area contributed by atoms with Crippen LogP contribution in [-0.2, 0) is 11.3 Å². The second-order valence-electron chi connectivity index (χ2n) is 3.56. The predicted molar refractivity (Wildman–Crippen MR) is 64.3 cm³/mol. The van der Waals surface area contributed by atoms with Crippen molar-refractivity contribution in [2.75, 3.05) is 6.54 Å². The second-order valence-corrected chi connectivity index (χ2v) is 4.47. The molecule has 1 aromatic heterocycles. The van der Waals surface area contributed by atoms with Gasteiger partial charge in [-0.25, -0.2) is 0 Å². The fourth-order valence-electron chi connectivity index (χ4n) is 1.35. The Morgan fingerprint density at radius 1 is 1.75 bits per heavy atom. The van der Waals surface area contributed by atoms with Crippen LogP contribution in [0, 0.1) is 0 Å². The summed E-state index contributed by atoms with van der Waals surface area (Å²) in [6, 6.07) is -0.497. The van der Waals surface area contributed by atoms with Crippen molar-refractivity contribution in [3.05, 3.63) is 16.9 Å². The number of rotatable bonds is 7. The maximum Gasteiger partial charge on any atom is 0.320 e. The van der Waals surface area contributed by atoms with Crippen molar-refractivity contribution in [1.29, 1.82) is 0 Å². The molecule has 0 aromatic carbocycles. The number of carboxylic acid groups (broad SMARTS) is 1. The molecule has 1 rings (SSSR count). The number of aryl methyl sites for hydroxylation is 1. The van der Waals surface area contributed by atoms with Gasteiger partial charge in [0, 0.05) is 12.7 Å². The molecule has 0 aliphatic heterocycles. The molecular weight excluding hydrogens is 274 g/mol. The van der Waals surface area contributed by atoms with E-state index in [9.17, 15) is 4.79 Å². The molecule has 0 saturated carbocycles. The summed E-state index contributed by atoms with van der Waals surface area (Å²) < 4.78 is 2.63. The molecule has 1 aromatic rings. The molecule has 0 aliphatic carbocycles. The van der Waals surface area contributed by atoms with Gasteiger partial charge in [0.2, 0.25) is 0 Å². The highest BCUT2D eigenvalue weighted by Gasteiger charge is 2.15. The van der Waals surface area contributed by atoms with E-state index in [4.69, 9.17) is 5.11 Å². The van der Waals surface area contributed by atoms with Crippen molar-refractivity contribution in [1.82, 2.24) is 15.1 Å². The molecule has 0 saturated heterocycles. The number of nitrogens with one attached hydrogen (secondary N) is 1. The van der Waals surface area contributed by atoms with Crippen LogP contribution in [0.1, 0.15) is 19.8 Å². The lowest BCUT2D eigenvalue weighted by Crippen LogP contribution is -2.37. The Labute approximate surface area is 103 Å². The molecule has 0 bridgehead atoms. The zero-order valence-electron chi connectivity index (χ0n) is 9.19. The van der Waals surface area contributed by atoms with E-state index in [2.05, 4.69) is 26.3 Å². The van der Waals surface area contributed by atoms with Gasteiger partial charge in [0.1, 0.15) is 6.04 Å². The first-order chi connectivity index (χ1) is 7.63. The third-order valence-corrected chi connectivity index (χ3v) is 2.60. The summed E-state index contributed by atoms with van der Waals surface area (Å²) in [7, 11) is 0. The first-order valence-electron chi connectivity index (χ1n) is 5.27. The highest BCUT2D eigenvalue weighted by atomic mass is 79.9. The van der Waals surface area contributed by atoms with E-state index in [0.29, 0.717) is 13.0 Å².